The molecule has 1 amide bonds. The number of benzene rings is 1. The van der Waals surface area contributed by atoms with E-state index in [-0.39, 0.29) is 11.9 Å². The number of hydrogen-bond acceptors (Lipinski definition) is 3. The van der Waals surface area contributed by atoms with Gasteiger partial charge in [0.2, 0.25) is 5.91 Å². The summed E-state index contributed by atoms with van der Waals surface area (Å²) < 4.78 is 10.5. The second kappa shape index (κ2) is 8.53. The fourth-order valence-electron chi connectivity index (χ4n) is 1.70. The lowest BCUT2D eigenvalue weighted by Crippen LogP contribution is -2.35. The van der Waals surface area contributed by atoms with Gasteiger partial charge in [0.15, 0.2) is 0 Å². The van der Waals surface area contributed by atoms with Crippen molar-refractivity contribution < 1.29 is 14.3 Å². The van der Waals surface area contributed by atoms with E-state index in [1.165, 1.54) is 5.56 Å². The number of ether oxygens (including phenoxy) is 2. The summed E-state index contributed by atoms with van der Waals surface area (Å²) in [5.41, 5.74) is 1.21. The lowest BCUT2D eigenvalue weighted by atomic mass is 10.2. The fourth-order valence-corrected chi connectivity index (χ4v) is 1.70. The maximum Gasteiger partial charge on any atom is 0.220 e. The average Bonchev–Trinajstić information content (AvgIpc) is 2.37. The monoisotopic (exact) mass is 265 g/mol. The maximum absolute atomic E-state index is 11.6. The molecule has 1 aromatic rings. The molecule has 0 saturated heterocycles. The Morgan fingerprint density at radius 2 is 2.00 bits per heavy atom. The molecule has 0 aliphatic rings. The summed E-state index contributed by atoms with van der Waals surface area (Å²) in [6.07, 6.45) is 1.18. The molecule has 1 rings (SSSR count). The molecule has 0 saturated carbocycles. The van der Waals surface area contributed by atoms with Crippen LogP contribution in [0.3, 0.4) is 0 Å². The van der Waals surface area contributed by atoms with Crippen molar-refractivity contribution in [3.63, 3.8) is 0 Å². The van der Waals surface area contributed by atoms with Crippen molar-refractivity contribution in [3.05, 3.63) is 29.8 Å². The largest absolute Gasteiger partial charge is 0.494 e. The smallest absolute Gasteiger partial charge is 0.220 e. The zero-order chi connectivity index (χ0) is 14.1. The SMILES string of the molecule is COC[C@@H](C)NC(=O)CCCOc1ccc(C)cc1. The van der Waals surface area contributed by atoms with Crippen molar-refractivity contribution in [2.24, 2.45) is 0 Å². The molecule has 0 unspecified atom stereocenters. The van der Waals surface area contributed by atoms with Gasteiger partial charge in [0.1, 0.15) is 5.75 Å². The number of carbonyl (C=O) groups is 1. The van der Waals surface area contributed by atoms with E-state index in [1.54, 1.807) is 7.11 Å². The van der Waals surface area contributed by atoms with Crippen LogP contribution in [0, 0.1) is 6.92 Å². The van der Waals surface area contributed by atoms with E-state index < -0.39 is 0 Å². The first-order chi connectivity index (χ1) is 9.11. The van der Waals surface area contributed by atoms with Gasteiger partial charge in [-0.15, -0.1) is 0 Å². The van der Waals surface area contributed by atoms with E-state index in [1.807, 2.05) is 38.1 Å². The zero-order valence-electron chi connectivity index (χ0n) is 11.9. The van der Waals surface area contributed by atoms with Gasteiger partial charge in [-0.3, -0.25) is 4.79 Å². The normalized spacial score (nSPS) is 11.9. The number of methoxy groups -OCH3 is 1. The Labute approximate surface area is 115 Å². The molecule has 0 spiro atoms. The number of amides is 1. The van der Waals surface area contributed by atoms with E-state index in [0.29, 0.717) is 26.1 Å². The summed E-state index contributed by atoms with van der Waals surface area (Å²) in [7, 11) is 1.62. The van der Waals surface area contributed by atoms with Crippen molar-refractivity contribution in [1.29, 1.82) is 0 Å². The van der Waals surface area contributed by atoms with Crippen LogP contribution in [-0.2, 0) is 9.53 Å². The molecule has 1 atom stereocenters. The highest BCUT2D eigenvalue weighted by Gasteiger charge is 2.06. The molecular weight excluding hydrogens is 242 g/mol. The predicted octanol–water partition coefficient (Wildman–Crippen LogP) is 2.31. The number of carbonyl (C=O) groups excluding carboxylic acids is 1. The van der Waals surface area contributed by atoms with E-state index in [0.717, 1.165) is 5.75 Å². The number of aryl methyl sites for hydroxylation is 1. The van der Waals surface area contributed by atoms with E-state index in [2.05, 4.69) is 5.32 Å². The van der Waals surface area contributed by atoms with Crippen LogP contribution in [0.2, 0.25) is 0 Å². The molecule has 19 heavy (non-hydrogen) atoms. The van der Waals surface area contributed by atoms with Crippen LogP contribution in [0.15, 0.2) is 24.3 Å². The number of nitrogens with one attached hydrogen (secondary N) is 1. The van der Waals surface area contributed by atoms with Crippen LogP contribution >= 0.6 is 0 Å². The summed E-state index contributed by atoms with van der Waals surface area (Å²) in [5, 5.41) is 2.87. The van der Waals surface area contributed by atoms with Gasteiger partial charge in [-0.2, -0.15) is 0 Å². The third-order valence-corrected chi connectivity index (χ3v) is 2.66. The van der Waals surface area contributed by atoms with Crippen molar-refractivity contribution >= 4 is 5.91 Å². The van der Waals surface area contributed by atoms with Crippen molar-refractivity contribution in [2.45, 2.75) is 32.7 Å². The zero-order valence-corrected chi connectivity index (χ0v) is 11.9. The van der Waals surface area contributed by atoms with Crippen LogP contribution in [-0.4, -0.2) is 32.3 Å². The summed E-state index contributed by atoms with van der Waals surface area (Å²) in [5.74, 6) is 0.885. The fraction of sp³-hybridized carbons (Fsp3) is 0.533. The highest BCUT2D eigenvalue weighted by atomic mass is 16.5. The maximum atomic E-state index is 11.6. The third-order valence-electron chi connectivity index (χ3n) is 2.66. The molecule has 0 heterocycles. The highest BCUT2D eigenvalue weighted by Crippen LogP contribution is 2.11. The highest BCUT2D eigenvalue weighted by molar-refractivity contribution is 5.76. The van der Waals surface area contributed by atoms with Crippen LogP contribution in [0.5, 0.6) is 5.75 Å². The molecule has 0 aliphatic carbocycles. The van der Waals surface area contributed by atoms with E-state index in [4.69, 9.17) is 9.47 Å². The van der Waals surface area contributed by atoms with Crippen molar-refractivity contribution in [3.8, 4) is 5.75 Å². The van der Waals surface area contributed by atoms with Crippen LogP contribution in [0.25, 0.3) is 0 Å². The van der Waals surface area contributed by atoms with Gasteiger partial charge in [0.05, 0.1) is 13.2 Å². The molecular formula is C15H23NO3. The minimum Gasteiger partial charge on any atom is -0.494 e. The van der Waals surface area contributed by atoms with E-state index in [9.17, 15) is 4.79 Å². The number of hydrogen-bond donors (Lipinski definition) is 1. The second-order valence-electron chi connectivity index (χ2n) is 4.69. The first-order valence-electron chi connectivity index (χ1n) is 6.59. The van der Waals surface area contributed by atoms with Crippen molar-refractivity contribution in [2.75, 3.05) is 20.3 Å². The van der Waals surface area contributed by atoms with E-state index >= 15 is 0 Å². The third kappa shape index (κ3) is 6.82. The van der Waals surface area contributed by atoms with Gasteiger partial charge in [-0.05, 0) is 32.4 Å². The molecule has 1 aromatic carbocycles. The van der Waals surface area contributed by atoms with Crippen LogP contribution < -0.4 is 10.1 Å². The molecule has 0 aliphatic heterocycles. The first kappa shape index (κ1) is 15.5. The molecule has 1 N–H and O–H groups in total. The standard InChI is InChI=1S/C15H23NO3/c1-12-6-8-14(9-7-12)19-10-4-5-15(17)16-13(2)11-18-3/h6-9,13H,4-5,10-11H2,1-3H3,(H,16,17)/t13-/m1/s1. The average molecular weight is 265 g/mol. The minimum absolute atomic E-state index is 0.0389. The molecule has 4 heteroatoms. The summed E-state index contributed by atoms with van der Waals surface area (Å²) >= 11 is 0. The molecule has 0 fully saturated rings. The Kier molecular flexibility index (Phi) is 6.97. The van der Waals surface area contributed by atoms with Gasteiger partial charge in [0, 0.05) is 19.6 Å². The molecule has 0 radical (unpaired) electrons. The minimum atomic E-state index is 0.0389. The quantitative estimate of drug-likeness (QED) is 0.734. The Bertz CT molecular complexity index is 375. The topological polar surface area (TPSA) is 47.6 Å². The lowest BCUT2D eigenvalue weighted by Gasteiger charge is -2.12. The Morgan fingerprint density at radius 1 is 1.32 bits per heavy atom. The van der Waals surface area contributed by atoms with Gasteiger partial charge in [-0.1, -0.05) is 17.7 Å². The predicted molar refractivity (Wildman–Crippen MR) is 75.4 cm³/mol. The molecule has 0 bridgehead atoms. The molecule has 0 aromatic heterocycles. The second-order valence-corrected chi connectivity index (χ2v) is 4.69. The molecule has 106 valence electrons. The van der Waals surface area contributed by atoms with Gasteiger partial charge >= 0.3 is 0 Å². The Morgan fingerprint density at radius 3 is 2.63 bits per heavy atom. The summed E-state index contributed by atoms with van der Waals surface area (Å²) in [4.78, 5) is 11.6. The summed E-state index contributed by atoms with van der Waals surface area (Å²) in [6, 6.07) is 7.95. The van der Waals surface area contributed by atoms with Crippen LogP contribution in [0.1, 0.15) is 25.3 Å². The Hall–Kier alpha value is -1.55. The van der Waals surface area contributed by atoms with Gasteiger partial charge < -0.3 is 14.8 Å². The molecule has 4 nitrogen and oxygen atoms in total. The summed E-state index contributed by atoms with van der Waals surface area (Å²) in [6.45, 7) is 5.04. The Balaban J connectivity index is 2.13. The van der Waals surface area contributed by atoms with Gasteiger partial charge in [0.25, 0.3) is 0 Å². The first-order valence-corrected chi connectivity index (χ1v) is 6.59. The number of rotatable bonds is 8. The van der Waals surface area contributed by atoms with Crippen LogP contribution in [0.4, 0.5) is 0 Å². The van der Waals surface area contributed by atoms with Crippen molar-refractivity contribution in [1.82, 2.24) is 5.32 Å². The lowest BCUT2D eigenvalue weighted by molar-refractivity contribution is -0.122. The van der Waals surface area contributed by atoms with Gasteiger partial charge in [-0.25, -0.2) is 0 Å².